The molecule has 2 rings (SSSR count). The maximum Gasteiger partial charge on any atom is 0.301 e. The largest absolute Gasteiger partial charge is 0.301 e. The molecule has 1 aliphatic carbocycles. The van der Waals surface area contributed by atoms with Crippen LogP contribution in [0.3, 0.4) is 0 Å². The SMILES string of the molecule is O=[N+]([O-])c1ccc(N/N=C/C2CCCCC2)c([N+](=O)[O-])c1. The van der Waals surface area contributed by atoms with Crippen molar-refractivity contribution in [2.45, 2.75) is 32.1 Å². The molecule has 1 fully saturated rings. The van der Waals surface area contributed by atoms with E-state index in [0.29, 0.717) is 5.92 Å². The molecule has 0 amide bonds. The number of nitro groups is 2. The number of nitrogens with one attached hydrogen (secondary N) is 1. The number of rotatable bonds is 5. The van der Waals surface area contributed by atoms with Crippen molar-refractivity contribution in [3.05, 3.63) is 38.4 Å². The summed E-state index contributed by atoms with van der Waals surface area (Å²) in [5, 5.41) is 25.6. The number of hydrogen-bond acceptors (Lipinski definition) is 6. The summed E-state index contributed by atoms with van der Waals surface area (Å²) in [6.45, 7) is 0. The average Bonchev–Trinajstić information content (AvgIpc) is 2.48. The van der Waals surface area contributed by atoms with Crippen molar-refractivity contribution < 1.29 is 9.85 Å². The highest BCUT2D eigenvalue weighted by atomic mass is 16.6. The van der Waals surface area contributed by atoms with E-state index in [1.165, 1.54) is 31.4 Å². The standard InChI is InChI=1S/C13H16N4O4/c18-16(19)11-6-7-12(13(8-11)17(20)21)15-14-9-10-4-2-1-3-5-10/h6-10,15H,1-5H2/b14-9+. The number of nitrogens with zero attached hydrogens (tertiary/aromatic N) is 3. The summed E-state index contributed by atoms with van der Waals surface area (Å²) >= 11 is 0. The fourth-order valence-corrected chi connectivity index (χ4v) is 2.37. The minimum Gasteiger partial charge on any atom is -0.272 e. The van der Waals surface area contributed by atoms with Gasteiger partial charge in [-0.3, -0.25) is 25.7 Å². The maximum atomic E-state index is 11.0. The van der Waals surface area contributed by atoms with Gasteiger partial charge in [0.2, 0.25) is 0 Å². The summed E-state index contributed by atoms with van der Waals surface area (Å²) in [6.07, 6.45) is 7.51. The number of hydrogen-bond donors (Lipinski definition) is 1. The lowest BCUT2D eigenvalue weighted by Crippen LogP contribution is -2.08. The van der Waals surface area contributed by atoms with E-state index in [0.717, 1.165) is 18.9 Å². The molecule has 0 spiro atoms. The van der Waals surface area contributed by atoms with Gasteiger partial charge >= 0.3 is 5.69 Å². The van der Waals surface area contributed by atoms with Gasteiger partial charge in [0.1, 0.15) is 5.69 Å². The molecule has 1 aromatic rings. The molecular weight excluding hydrogens is 276 g/mol. The highest BCUT2D eigenvalue weighted by Gasteiger charge is 2.19. The average molecular weight is 292 g/mol. The van der Waals surface area contributed by atoms with Gasteiger partial charge in [0.15, 0.2) is 0 Å². The Morgan fingerprint density at radius 1 is 1.14 bits per heavy atom. The van der Waals surface area contributed by atoms with Crippen LogP contribution in [0.1, 0.15) is 32.1 Å². The Hall–Kier alpha value is -2.51. The van der Waals surface area contributed by atoms with Crippen molar-refractivity contribution in [2.24, 2.45) is 11.0 Å². The first-order valence-electron chi connectivity index (χ1n) is 6.80. The minimum absolute atomic E-state index is 0.151. The zero-order valence-electron chi connectivity index (χ0n) is 11.4. The van der Waals surface area contributed by atoms with Gasteiger partial charge in [0.25, 0.3) is 5.69 Å². The second-order valence-corrected chi connectivity index (χ2v) is 5.00. The molecular formula is C13H16N4O4. The van der Waals surface area contributed by atoms with E-state index in [1.54, 1.807) is 6.21 Å². The number of benzene rings is 1. The van der Waals surface area contributed by atoms with Crippen LogP contribution in [0.5, 0.6) is 0 Å². The summed E-state index contributed by atoms with van der Waals surface area (Å²) in [4.78, 5) is 20.3. The normalized spacial score (nSPS) is 16.0. The van der Waals surface area contributed by atoms with Gasteiger partial charge in [-0.15, -0.1) is 0 Å². The predicted octanol–water partition coefficient (Wildman–Crippen LogP) is 3.48. The molecule has 0 radical (unpaired) electrons. The fourth-order valence-electron chi connectivity index (χ4n) is 2.37. The Morgan fingerprint density at radius 2 is 1.86 bits per heavy atom. The number of anilines is 1. The summed E-state index contributed by atoms with van der Waals surface area (Å²) in [6, 6.07) is 3.44. The van der Waals surface area contributed by atoms with Crippen LogP contribution in [0.15, 0.2) is 23.3 Å². The van der Waals surface area contributed by atoms with Gasteiger partial charge in [-0.05, 0) is 24.8 Å². The van der Waals surface area contributed by atoms with Crippen molar-refractivity contribution >= 4 is 23.3 Å². The molecule has 8 nitrogen and oxygen atoms in total. The van der Waals surface area contributed by atoms with E-state index >= 15 is 0 Å². The molecule has 0 aliphatic heterocycles. The molecule has 1 saturated carbocycles. The number of hydrazone groups is 1. The van der Waals surface area contributed by atoms with Crippen molar-refractivity contribution in [2.75, 3.05) is 5.43 Å². The van der Waals surface area contributed by atoms with E-state index in [9.17, 15) is 20.2 Å². The molecule has 0 bridgehead atoms. The molecule has 1 aromatic carbocycles. The third-order valence-corrected chi connectivity index (χ3v) is 3.51. The highest BCUT2D eigenvalue weighted by molar-refractivity contribution is 5.68. The molecule has 112 valence electrons. The van der Waals surface area contributed by atoms with Crippen LogP contribution in [0.25, 0.3) is 0 Å². The van der Waals surface area contributed by atoms with Crippen LogP contribution >= 0.6 is 0 Å². The zero-order chi connectivity index (χ0) is 15.2. The van der Waals surface area contributed by atoms with Crippen LogP contribution in [0, 0.1) is 26.1 Å². The Balaban J connectivity index is 2.09. The molecule has 0 saturated heterocycles. The van der Waals surface area contributed by atoms with Gasteiger partial charge < -0.3 is 0 Å². The molecule has 21 heavy (non-hydrogen) atoms. The van der Waals surface area contributed by atoms with Gasteiger partial charge in [0.05, 0.1) is 15.9 Å². The Labute approximate surface area is 121 Å². The first-order valence-corrected chi connectivity index (χ1v) is 6.80. The highest BCUT2D eigenvalue weighted by Crippen LogP contribution is 2.29. The summed E-state index contributed by atoms with van der Waals surface area (Å²) < 4.78 is 0. The second kappa shape index (κ2) is 6.78. The first kappa shape index (κ1) is 14.9. The van der Waals surface area contributed by atoms with E-state index in [-0.39, 0.29) is 17.1 Å². The van der Waals surface area contributed by atoms with Crippen molar-refractivity contribution in [3.8, 4) is 0 Å². The molecule has 1 aliphatic rings. The summed E-state index contributed by atoms with van der Waals surface area (Å²) in [5.41, 5.74) is 2.09. The van der Waals surface area contributed by atoms with Crippen LogP contribution in [0.4, 0.5) is 17.1 Å². The summed E-state index contributed by atoms with van der Waals surface area (Å²) in [7, 11) is 0. The van der Waals surface area contributed by atoms with Gasteiger partial charge in [0, 0.05) is 12.3 Å². The minimum atomic E-state index is -0.665. The first-order chi connectivity index (χ1) is 10.1. The van der Waals surface area contributed by atoms with E-state index in [1.807, 2.05) is 0 Å². The topological polar surface area (TPSA) is 111 Å². The molecule has 1 N–H and O–H groups in total. The quantitative estimate of drug-likeness (QED) is 0.507. The van der Waals surface area contributed by atoms with Crippen LogP contribution in [0.2, 0.25) is 0 Å². The van der Waals surface area contributed by atoms with Crippen LogP contribution in [-0.4, -0.2) is 16.1 Å². The molecule has 0 aromatic heterocycles. The fraction of sp³-hybridized carbons (Fsp3) is 0.462. The number of nitro benzene ring substituents is 2. The van der Waals surface area contributed by atoms with Crippen molar-refractivity contribution in [1.29, 1.82) is 0 Å². The Morgan fingerprint density at radius 3 is 2.48 bits per heavy atom. The lowest BCUT2D eigenvalue weighted by molar-refractivity contribution is -0.393. The monoisotopic (exact) mass is 292 g/mol. The predicted molar refractivity (Wildman–Crippen MR) is 78.4 cm³/mol. The molecule has 0 unspecified atom stereocenters. The zero-order valence-corrected chi connectivity index (χ0v) is 11.4. The van der Waals surface area contributed by atoms with Gasteiger partial charge in [-0.1, -0.05) is 19.3 Å². The van der Waals surface area contributed by atoms with E-state index < -0.39 is 9.85 Å². The number of non-ortho nitro benzene ring substituents is 1. The van der Waals surface area contributed by atoms with Crippen LogP contribution in [-0.2, 0) is 0 Å². The van der Waals surface area contributed by atoms with E-state index in [2.05, 4.69) is 10.5 Å². The molecule has 8 heteroatoms. The van der Waals surface area contributed by atoms with Gasteiger partial charge in [-0.25, -0.2) is 0 Å². The van der Waals surface area contributed by atoms with E-state index in [4.69, 9.17) is 0 Å². The third-order valence-electron chi connectivity index (χ3n) is 3.51. The third kappa shape index (κ3) is 3.98. The Kier molecular flexibility index (Phi) is 4.81. The molecule has 0 heterocycles. The lowest BCUT2D eigenvalue weighted by Gasteiger charge is -2.16. The summed E-state index contributed by atoms with van der Waals surface area (Å²) in [5.74, 6) is 0.392. The molecule has 0 atom stereocenters. The van der Waals surface area contributed by atoms with Crippen molar-refractivity contribution in [3.63, 3.8) is 0 Å². The second-order valence-electron chi connectivity index (χ2n) is 5.00. The smallest absolute Gasteiger partial charge is 0.272 e. The van der Waals surface area contributed by atoms with Crippen molar-refractivity contribution in [1.82, 2.24) is 0 Å². The maximum absolute atomic E-state index is 11.0. The Bertz CT molecular complexity index is 567. The van der Waals surface area contributed by atoms with Gasteiger partial charge in [-0.2, -0.15) is 5.10 Å². The lowest BCUT2D eigenvalue weighted by atomic mass is 9.90. The van der Waals surface area contributed by atoms with Crippen LogP contribution < -0.4 is 5.43 Å².